The number of ether oxygens (including phenoxy) is 1. The van der Waals surface area contributed by atoms with Crippen LogP contribution in [0.15, 0.2) is 23.4 Å². The van der Waals surface area contributed by atoms with Crippen molar-refractivity contribution < 1.29 is 14.3 Å². The highest BCUT2D eigenvalue weighted by Crippen LogP contribution is 2.20. The monoisotopic (exact) mass is 407 g/mol. The molecule has 27 heavy (non-hydrogen) atoms. The van der Waals surface area contributed by atoms with Crippen LogP contribution in [0.3, 0.4) is 0 Å². The summed E-state index contributed by atoms with van der Waals surface area (Å²) in [5.74, 6) is -0.834. The molecule has 0 saturated carbocycles. The van der Waals surface area contributed by atoms with Crippen molar-refractivity contribution in [3.8, 4) is 0 Å². The van der Waals surface area contributed by atoms with Gasteiger partial charge in [0.1, 0.15) is 0 Å². The third-order valence-electron chi connectivity index (χ3n) is 3.99. The number of carbonyl (C=O) groups is 2. The summed E-state index contributed by atoms with van der Waals surface area (Å²) in [5, 5.41) is 4.01. The number of halogens is 1. The maximum absolute atomic E-state index is 12.0. The Hall–Kier alpha value is -2.12. The minimum Gasteiger partial charge on any atom is -0.456 e. The first kappa shape index (κ1) is 21.2. The Morgan fingerprint density at radius 1 is 1.19 bits per heavy atom. The fourth-order valence-corrected chi connectivity index (χ4v) is 3.24. The van der Waals surface area contributed by atoms with Crippen molar-refractivity contribution in [1.82, 2.24) is 9.97 Å². The number of anilines is 1. The van der Waals surface area contributed by atoms with Gasteiger partial charge in [0.05, 0.1) is 0 Å². The van der Waals surface area contributed by atoms with Gasteiger partial charge in [0.2, 0.25) is 0 Å². The topological polar surface area (TPSA) is 81.2 Å². The first-order valence-electron chi connectivity index (χ1n) is 8.40. The fraction of sp³-hybridized carbons (Fsp3) is 0.368. The van der Waals surface area contributed by atoms with Crippen LogP contribution >= 0.6 is 23.4 Å². The first-order valence-corrected chi connectivity index (χ1v) is 10.00. The number of nitrogens with zero attached hydrogens (tertiary/aromatic N) is 2. The summed E-state index contributed by atoms with van der Waals surface area (Å²) < 4.78 is 5.06. The molecule has 0 fully saturated rings. The van der Waals surface area contributed by atoms with Crippen molar-refractivity contribution in [2.24, 2.45) is 0 Å². The normalized spacial score (nSPS) is 10.6. The highest BCUT2D eigenvalue weighted by Gasteiger charge is 2.13. The minimum atomic E-state index is -0.439. The first-order chi connectivity index (χ1) is 12.8. The van der Waals surface area contributed by atoms with Gasteiger partial charge in [-0.05, 0) is 62.8 Å². The van der Waals surface area contributed by atoms with Gasteiger partial charge in [-0.3, -0.25) is 9.59 Å². The van der Waals surface area contributed by atoms with Crippen LogP contribution in [0.1, 0.15) is 28.9 Å². The Kier molecular flexibility index (Phi) is 7.62. The van der Waals surface area contributed by atoms with Gasteiger partial charge < -0.3 is 10.1 Å². The summed E-state index contributed by atoms with van der Waals surface area (Å²) in [5.41, 5.74) is 4.12. The number of thioether (sulfide) groups is 1. The Bertz CT molecular complexity index is 835. The summed E-state index contributed by atoms with van der Waals surface area (Å²) in [6.45, 7) is 5.30. The summed E-state index contributed by atoms with van der Waals surface area (Å²) >= 11 is 7.37. The molecule has 0 atom stereocenters. The van der Waals surface area contributed by atoms with Crippen LogP contribution in [0, 0.1) is 20.8 Å². The SMILES string of the molecule is CSc1nc(C)c(CCC(=O)OCC(=O)Nc2ccc(Cl)cc2C)c(C)n1. The number of aromatic nitrogens is 2. The standard InChI is InChI=1S/C19H22ClN3O3S/c1-11-9-14(20)5-7-16(11)23-17(24)10-26-18(25)8-6-15-12(2)21-19(27-4)22-13(15)3/h5,7,9H,6,8,10H2,1-4H3,(H,23,24). The summed E-state index contributed by atoms with van der Waals surface area (Å²) in [7, 11) is 0. The molecule has 8 heteroatoms. The van der Waals surface area contributed by atoms with Gasteiger partial charge in [0.15, 0.2) is 11.8 Å². The van der Waals surface area contributed by atoms with E-state index in [1.807, 2.05) is 27.0 Å². The average molecular weight is 408 g/mol. The molecule has 0 bridgehead atoms. The van der Waals surface area contributed by atoms with Crippen molar-refractivity contribution in [3.63, 3.8) is 0 Å². The summed E-state index contributed by atoms with van der Waals surface area (Å²) in [6, 6.07) is 5.14. The predicted molar refractivity (Wildman–Crippen MR) is 107 cm³/mol. The summed E-state index contributed by atoms with van der Waals surface area (Å²) in [6.07, 6.45) is 2.56. The van der Waals surface area contributed by atoms with E-state index in [9.17, 15) is 9.59 Å². The molecule has 1 heterocycles. The fourth-order valence-electron chi connectivity index (χ4n) is 2.56. The zero-order chi connectivity index (χ0) is 20.0. The molecule has 2 rings (SSSR count). The van der Waals surface area contributed by atoms with Gasteiger partial charge in [-0.1, -0.05) is 23.4 Å². The zero-order valence-corrected chi connectivity index (χ0v) is 17.3. The molecule has 2 aromatic rings. The highest BCUT2D eigenvalue weighted by atomic mass is 35.5. The number of carbonyl (C=O) groups excluding carboxylic acids is 2. The maximum atomic E-state index is 12.0. The van der Waals surface area contributed by atoms with E-state index < -0.39 is 11.9 Å². The number of rotatable bonds is 7. The van der Waals surface area contributed by atoms with Crippen LogP contribution in [0.5, 0.6) is 0 Å². The van der Waals surface area contributed by atoms with Gasteiger partial charge in [-0.25, -0.2) is 9.97 Å². The molecule has 0 radical (unpaired) electrons. The molecule has 0 saturated heterocycles. The highest BCUT2D eigenvalue weighted by molar-refractivity contribution is 7.98. The van der Waals surface area contributed by atoms with Crippen LogP contribution in [0.4, 0.5) is 5.69 Å². The lowest BCUT2D eigenvalue weighted by Crippen LogP contribution is -2.21. The number of aryl methyl sites for hydroxylation is 3. The second kappa shape index (κ2) is 9.71. The molecule has 0 unspecified atom stereocenters. The van der Waals surface area contributed by atoms with Crippen LogP contribution in [0.2, 0.25) is 5.02 Å². The number of nitrogens with one attached hydrogen (secondary N) is 1. The van der Waals surface area contributed by atoms with Gasteiger partial charge in [-0.2, -0.15) is 0 Å². The van der Waals surface area contributed by atoms with Gasteiger partial charge >= 0.3 is 5.97 Å². The number of hydrogen-bond acceptors (Lipinski definition) is 6. The Morgan fingerprint density at radius 3 is 2.44 bits per heavy atom. The van der Waals surface area contributed by atoms with Crippen molar-refractivity contribution >= 4 is 40.9 Å². The summed E-state index contributed by atoms with van der Waals surface area (Å²) in [4.78, 5) is 32.7. The Morgan fingerprint density at radius 2 is 1.85 bits per heavy atom. The van der Waals surface area contributed by atoms with Crippen LogP contribution in [-0.2, 0) is 20.7 Å². The Labute approximate surface area is 168 Å². The molecule has 0 aliphatic heterocycles. The van der Waals surface area contributed by atoms with Crippen LogP contribution in [0.25, 0.3) is 0 Å². The van der Waals surface area contributed by atoms with Gasteiger partial charge in [0, 0.05) is 28.5 Å². The van der Waals surface area contributed by atoms with E-state index in [0.29, 0.717) is 22.3 Å². The molecule has 1 N–H and O–H groups in total. The minimum absolute atomic E-state index is 0.164. The molecule has 1 aromatic carbocycles. The van der Waals surface area contributed by atoms with Crippen molar-refractivity contribution in [1.29, 1.82) is 0 Å². The average Bonchev–Trinajstić information content (AvgIpc) is 2.61. The predicted octanol–water partition coefficient (Wildman–Crippen LogP) is 3.89. The van der Waals surface area contributed by atoms with E-state index in [-0.39, 0.29) is 13.0 Å². The van der Waals surface area contributed by atoms with E-state index in [1.54, 1.807) is 18.2 Å². The number of amides is 1. The van der Waals surface area contributed by atoms with Crippen LogP contribution in [-0.4, -0.2) is 34.7 Å². The number of benzene rings is 1. The lowest BCUT2D eigenvalue weighted by Gasteiger charge is -2.11. The zero-order valence-electron chi connectivity index (χ0n) is 15.8. The molecular weight excluding hydrogens is 386 g/mol. The van der Waals surface area contributed by atoms with Crippen molar-refractivity contribution in [3.05, 3.63) is 45.7 Å². The van der Waals surface area contributed by atoms with E-state index in [0.717, 1.165) is 22.5 Å². The third kappa shape index (κ3) is 6.22. The molecule has 1 aromatic heterocycles. The maximum Gasteiger partial charge on any atom is 0.306 e. The van der Waals surface area contributed by atoms with Gasteiger partial charge in [0.25, 0.3) is 5.91 Å². The lowest BCUT2D eigenvalue weighted by molar-refractivity contribution is -0.147. The van der Waals surface area contributed by atoms with Crippen molar-refractivity contribution in [2.45, 2.75) is 38.8 Å². The third-order valence-corrected chi connectivity index (χ3v) is 4.77. The van der Waals surface area contributed by atoms with Crippen molar-refractivity contribution in [2.75, 3.05) is 18.2 Å². The second-order valence-corrected chi connectivity index (χ2v) is 7.24. The molecule has 6 nitrogen and oxygen atoms in total. The Balaban J connectivity index is 1.83. The molecule has 0 spiro atoms. The van der Waals surface area contributed by atoms with E-state index in [1.165, 1.54) is 11.8 Å². The van der Waals surface area contributed by atoms with E-state index >= 15 is 0 Å². The lowest BCUT2D eigenvalue weighted by atomic mass is 10.1. The van der Waals surface area contributed by atoms with Gasteiger partial charge in [-0.15, -0.1) is 0 Å². The molecular formula is C19H22ClN3O3S. The number of hydrogen-bond donors (Lipinski definition) is 1. The number of esters is 1. The quantitative estimate of drug-likeness (QED) is 0.426. The molecule has 1 amide bonds. The smallest absolute Gasteiger partial charge is 0.306 e. The van der Waals surface area contributed by atoms with Crippen LogP contribution < -0.4 is 5.32 Å². The van der Waals surface area contributed by atoms with E-state index in [4.69, 9.17) is 16.3 Å². The largest absolute Gasteiger partial charge is 0.456 e. The molecule has 0 aliphatic carbocycles. The second-order valence-electron chi connectivity index (χ2n) is 6.03. The molecule has 0 aliphatic rings. The van der Waals surface area contributed by atoms with E-state index in [2.05, 4.69) is 15.3 Å². The molecule has 144 valence electrons.